The van der Waals surface area contributed by atoms with Crippen LogP contribution < -0.4 is 5.73 Å². The van der Waals surface area contributed by atoms with E-state index in [2.05, 4.69) is 0 Å². The van der Waals surface area contributed by atoms with E-state index in [4.69, 9.17) is 34.3 Å². The lowest BCUT2D eigenvalue weighted by Crippen LogP contribution is -2.33. The average Bonchev–Trinajstić information content (AvgIpc) is 3.32. The Labute approximate surface area is 170 Å². The number of sulfone groups is 1. The molecular weight excluding hydrogens is 402 g/mol. The van der Waals surface area contributed by atoms with Crippen LogP contribution in [0.2, 0.25) is 5.02 Å². The molecule has 27 heavy (non-hydrogen) atoms. The average molecular weight is 424 g/mol. The second-order valence-electron chi connectivity index (χ2n) is 6.85. The van der Waals surface area contributed by atoms with Gasteiger partial charge in [0.1, 0.15) is 0 Å². The summed E-state index contributed by atoms with van der Waals surface area (Å²) in [6, 6.07) is 14.0. The van der Waals surface area contributed by atoms with Gasteiger partial charge in [0.2, 0.25) is 0 Å². The van der Waals surface area contributed by atoms with Gasteiger partial charge in [-0.15, -0.1) is 0 Å². The van der Waals surface area contributed by atoms with Crippen molar-refractivity contribution in [3.63, 3.8) is 0 Å². The molecule has 1 aliphatic carbocycles. The molecule has 0 radical (unpaired) electrons. The summed E-state index contributed by atoms with van der Waals surface area (Å²) in [6.07, 6.45) is 0. The molecule has 0 bridgehead atoms. The van der Waals surface area contributed by atoms with Gasteiger partial charge in [0.05, 0.1) is 27.2 Å². The highest BCUT2D eigenvalue weighted by molar-refractivity contribution is 7.92. The Bertz CT molecular complexity index is 959. The van der Waals surface area contributed by atoms with Gasteiger partial charge in [-0.1, -0.05) is 53.6 Å². The lowest BCUT2D eigenvalue weighted by molar-refractivity contribution is 0.121. The van der Waals surface area contributed by atoms with Crippen molar-refractivity contribution in [2.24, 2.45) is 11.1 Å². The van der Waals surface area contributed by atoms with Crippen molar-refractivity contribution in [3.05, 3.63) is 64.7 Å². The van der Waals surface area contributed by atoms with Crippen LogP contribution in [0, 0.1) is 12.3 Å². The van der Waals surface area contributed by atoms with Crippen LogP contribution in [-0.4, -0.2) is 31.9 Å². The second kappa shape index (κ2) is 7.51. The van der Waals surface area contributed by atoms with Gasteiger partial charge in [-0.25, -0.2) is 8.42 Å². The third-order valence-corrected chi connectivity index (χ3v) is 8.06. The number of hydrogen-bond acceptors (Lipinski definition) is 4. The molecule has 0 saturated heterocycles. The van der Waals surface area contributed by atoms with Gasteiger partial charge >= 0.3 is 0 Å². The fourth-order valence-electron chi connectivity index (χ4n) is 3.72. The summed E-state index contributed by atoms with van der Waals surface area (Å²) in [6.45, 7) is 4.37. The van der Waals surface area contributed by atoms with Crippen LogP contribution in [0.15, 0.2) is 53.4 Å². The van der Waals surface area contributed by atoms with E-state index in [9.17, 15) is 8.42 Å². The van der Waals surface area contributed by atoms with E-state index in [1.807, 2.05) is 19.9 Å². The Kier molecular flexibility index (Phi) is 5.64. The summed E-state index contributed by atoms with van der Waals surface area (Å²) in [5.41, 5.74) is 6.93. The highest BCUT2D eigenvalue weighted by atomic mass is 35.5. The van der Waals surface area contributed by atoms with Crippen LogP contribution in [0.4, 0.5) is 0 Å². The standard InChI is InChI=1S/C20H22ClNO3S2/c1-3-25-12-20(19(22)26)17(14-5-4-6-15(21)11-14)18(20)27(23,24)16-9-7-13(2)8-10-16/h4-11,17-18H,3,12H2,1-2H3,(H2,22,26)/t17-,18+,20-/m1/s1. The quantitative estimate of drug-likeness (QED) is 0.684. The summed E-state index contributed by atoms with van der Waals surface area (Å²) < 4.78 is 32.5. The SMILES string of the molecule is CCOC[C@@]1(C(N)=S)[C@H](c2cccc(Cl)c2)[C@@H]1S(=O)(=O)c1ccc(C)cc1. The van der Waals surface area contributed by atoms with Gasteiger partial charge in [0.15, 0.2) is 9.84 Å². The molecule has 1 fully saturated rings. The zero-order valence-electron chi connectivity index (χ0n) is 15.2. The first-order chi connectivity index (χ1) is 12.7. The van der Waals surface area contributed by atoms with Crippen molar-refractivity contribution in [1.82, 2.24) is 0 Å². The molecule has 0 spiro atoms. The third-order valence-electron chi connectivity index (χ3n) is 5.15. The summed E-state index contributed by atoms with van der Waals surface area (Å²) >= 11 is 11.5. The zero-order chi connectivity index (χ0) is 19.8. The van der Waals surface area contributed by atoms with E-state index in [1.165, 1.54) is 0 Å². The van der Waals surface area contributed by atoms with Gasteiger partial charge in [-0.2, -0.15) is 0 Å². The van der Waals surface area contributed by atoms with Crippen molar-refractivity contribution in [2.75, 3.05) is 13.2 Å². The fraction of sp³-hybridized carbons (Fsp3) is 0.350. The molecule has 0 amide bonds. The molecule has 3 rings (SSSR count). The first kappa shape index (κ1) is 20.3. The highest BCUT2D eigenvalue weighted by Crippen LogP contribution is 2.64. The van der Waals surface area contributed by atoms with Crippen LogP contribution in [0.25, 0.3) is 0 Å². The van der Waals surface area contributed by atoms with E-state index >= 15 is 0 Å². The van der Waals surface area contributed by atoms with Crippen LogP contribution in [0.3, 0.4) is 0 Å². The molecule has 2 aromatic rings. The largest absolute Gasteiger partial charge is 0.393 e. The van der Waals surface area contributed by atoms with E-state index in [0.717, 1.165) is 11.1 Å². The predicted octanol–water partition coefficient (Wildman–Crippen LogP) is 3.90. The molecule has 1 aliphatic rings. The number of thiocarbonyl (C=S) groups is 1. The van der Waals surface area contributed by atoms with E-state index in [-0.39, 0.29) is 16.5 Å². The van der Waals surface area contributed by atoms with Gasteiger partial charge in [-0.05, 0) is 43.7 Å². The molecule has 144 valence electrons. The third kappa shape index (κ3) is 3.51. The molecule has 2 aromatic carbocycles. The first-order valence-corrected chi connectivity index (χ1v) is 11.0. The van der Waals surface area contributed by atoms with E-state index in [1.54, 1.807) is 42.5 Å². The molecule has 0 aliphatic heterocycles. The minimum Gasteiger partial charge on any atom is -0.393 e. The number of ether oxygens (including phenoxy) is 1. The Morgan fingerprint density at radius 3 is 2.48 bits per heavy atom. The lowest BCUT2D eigenvalue weighted by atomic mass is 10.00. The summed E-state index contributed by atoms with van der Waals surface area (Å²) in [7, 11) is -3.67. The van der Waals surface area contributed by atoms with E-state index in [0.29, 0.717) is 11.6 Å². The molecule has 0 aromatic heterocycles. The molecule has 4 nitrogen and oxygen atoms in total. The van der Waals surface area contributed by atoms with Crippen LogP contribution in [0.1, 0.15) is 24.0 Å². The van der Waals surface area contributed by atoms with Crippen molar-refractivity contribution >= 4 is 38.6 Å². The minimum absolute atomic E-state index is 0.154. The topological polar surface area (TPSA) is 69.4 Å². The number of halogens is 1. The molecule has 1 saturated carbocycles. The van der Waals surface area contributed by atoms with Gasteiger partial charge in [0, 0.05) is 17.5 Å². The van der Waals surface area contributed by atoms with Crippen LogP contribution in [0.5, 0.6) is 0 Å². The maximum atomic E-state index is 13.5. The van der Waals surface area contributed by atoms with Gasteiger partial charge in [0.25, 0.3) is 0 Å². The second-order valence-corrected chi connectivity index (χ2v) is 9.80. The minimum atomic E-state index is -3.67. The van der Waals surface area contributed by atoms with Crippen molar-refractivity contribution < 1.29 is 13.2 Å². The van der Waals surface area contributed by atoms with Gasteiger partial charge in [-0.3, -0.25) is 0 Å². The molecule has 0 unspecified atom stereocenters. The smallest absolute Gasteiger partial charge is 0.182 e. The predicted molar refractivity (Wildman–Crippen MR) is 112 cm³/mol. The Morgan fingerprint density at radius 1 is 1.26 bits per heavy atom. The first-order valence-electron chi connectivity index (χ1n) is 8.69. The summed E-state index contributed by atoms with van der Waals surface area (Å²) in [4.78, 5) is 0.418. The number of rotatable bonds is 7. The Hall–Kier alpha value is -1.47. The Balaban J connectivity index is 2.12. The number of benzene rings is 2. The number of hydrogen-bond donors (Lipinski definition) is 1. The van der Waals surface area contributed by atoms with Crippen LogP contribution >= 0.6 is 23.8 Å². The summed E-state index contributed by atoms with van der Waals surface area (Å²) in [5, 5.41) is -0.241. The summed E-state index contributed by atoms with van der Waals surface area (Å²) in [5.74, 6) is -0.397. The van der Waals surface area contributed by atoms with Crippen LogP contribution in [-0.2, 0) is 14.6 Å². The van der Waals surface area contributed by atoms with Crippen molar-refractivity contribution in [1.29, 1.82) is 0 Å². The zero-order valence-corrected chi connectivity index (χ0v) is 17.6. The fourth-order valence-corrected chi connectivity index (χ4v) is 6.68. The molecule has 7 heteroatoms. The molecular formula is C20H22ClNO3S2. The normalized spacial score (nSPS) is 24.6. The maximum Gasteiger partial charge on any atom is 0.182 e. The van der Waals surface area contributed by atoms with Crippen molar-refractivity contribution in [3.8, 4) is 0 Å². The maximum absolute atomic E-state index is 13.5. The number of aryl methyl sites for hydroxylation is 1. The van der Waals surface area contributed by atoms with E-state index < -0.39 is 26.4 Å². The highest BCUT2D eigenvalue weighted by Gasteiger charge is 2.73. The molecule has 3 atom stereocenters. The molecule has 2 N–H and O–H groups in total. The monoisotopic (exact) mass is 423 g/mol. The molecule has 0 heterocycles. The number of nitrogens with two attached hydrogens (primary N) is 1. The Morgan fingerprint density at radius 2 is 1.93 bits per heavy atom. The van der Waals surface area contributed by atoms with Gasteiger partial charge < -0.3 is 10.5 Å². The lowest BCUT2D eigenvalue weighted by Gasteiger charge is -2.17. The van der Waals surface area contributed by atoms with Crippen molar-refractivity contribution in [2.45, 2.75) is 29.9 Å².